The Labute approximate surface area is 151 Å². The minimum atomic E-state index is -0.661. The summed E-state index contributed by atoms with van der Waals surface area (Å²) in [7, 11) is 1.19. The fraction of sp³-hybridized carbons (Fsp3) is 0.947. The van der Waals surface area contributed by atoms with Crippen LogP contribution < -0.4 is 10.6 Å². The normalized spacial score (nSPS) is 27.7. The van der Waals surface area contributed by atoms with Crippen molar-refractivity contribution < 1.29 is 4.21 Å². The molecule has 4 nitrogen and oxygen atoms in total. The van der Waals surface area contributed by atoms with E-state index in [1.165, 1.54) is 57.8 Å². The van der Waals surface area contributed by atoms with E-state index in [4.69, 9.17) is 0 Å². The molecule has 2 fully saturated rings. The van der Waals surface area contributed by atoms with Gasteiger partial charge in [-0.3, -0.25) is 9.20 Å². The molecule has 0 saturated heterocycles. The zero-order valence-corrected chi connectivity index (χ0v) is 16.5. The molecule has 0 spiro atoms. The maximum absolute atomic E-state index is 12.1. The van der Waals surface area contributed by atoms with Gasteiger partial charge >= 0.3 is 0 Å². The lowest BCUT2D eigenvalue weighted by Gasteiger charge is -2.30. The van der Waals surface area contributed by atoms with E-state index in [0.29, 0.717) is 11.3 Å². The topological polar surface area (TPSA) is 53.5 Å². The van der Waals surface area contributed by atoms with Crippen LogP contribution in [0.2, 0.25) is 0 Å². The predicted molar refractivity (Wildman–Crippen MR) is 105 cm³/mol. The van der Waals surface area contributed by atoms with Crippen molar-refractivity contribution in [2.45, 2.75) is 88.8 Å². The zero-order valence-electron chi connectivity index (χ0n) is 15.7. The third kappa shape index (κ3) is 6.73. The standard InChI is InChI=1S/C19H37N3OS/c1-3-24(23)18-13-7-12-17(15-18)22-19(20-2)21-14-8-11-16-9-5-4-6-10-16/h16-18H,3-15H2,1-2H3,(H2,20,21,22). The molecule has 0 radical (unpaired) electrons. The molecule has 0 aromatic carbocycles. The van der Waals surface area contributed by atoms with Crippen LogP contribution in [0.4, 0.5) is 0 Å². The molecule has 3 atom stereocenters. The van der Waals surface area contributed by atoms with E-state index in [1.807, 2.05) is 14.0 Å². The van der Waals surface area contributed by atoms with Crippen molar-refractivity contribution in [2.75, 3.05) is 19.3 Å². The van der Waals surface area contributed by atoms with Gasteiger partial charge in [0.15, 0.2) is 5.96 Å². The molecule has 24 heavy (non-hydrogen) atoms. The number of rotatable bonds is 7. The molecule has 3 unspecified atom stereocenters. The highest BCUT2D eigenvalue weighted by Crippen LogP contribution is 2.27. The Hall–Kier alpha value is -0.580. The van der Waals surface area contributed by atoms with Crippen molar-refractivity contribution in [3.05, 3.63) is 0 Å². The van der Waals surface area contributed by atoms with E-state index in [9.17, 15) is 4.21 Å². The van der Waals surface area contributed by atoms with E-state index >= 15 is 0 Å². The van der Waals surface area contributed by atoms with E-state index in [2.05, 4.69) is 15.6 Å². The fourth-order valence-electron chi connectivity index (χ4n) is 4.21. The lowest BCUT2D eigenvalue weighted by atomic mass is 9.86. The van der Waals surface area contributed by atoms with Gasteiger partial charge in [0.05, 0.1) is 0 Å². The van der Waals surface area contributed by atoms with Gasteiger partial charge in [-0.15, -0.1) is 0 Å². The molecule has 2 N–H and O–H groups in total. The number of aliphatic imine (C=N–C) groups is 1. The molecule has 2 saturated carbocycles. The summed E-state index contributed by atoms with van der Waals surface area (Å²) in [5.74, 6) is 2.66. The molecule has 2 aliphatic rings. The molecule has 2 rings (SSSR count). The van der Waals surface area contributed by atoms with Crippen LogP contribution >= 0.6 is 0 Å². The van der Waals surface area contributed by atoms with Crippen molar-refractivity contribution >= 4 is 16.8 Å². The summed E-state index contributed by atoms with van der Waals surface area (Å²) in [6.45, 7) is 3.03. The molecule has 0 aromatic heterocycles. The average Bonchev–Trinajstić information content (AvgIpc) is 2.64. The average molecular weight is 356 g/mol. The second kappa shape index (κ2) is 11.1. The van der Waals surface area contributed by atoms with Gasteiger partial charge in [-0.2, -0.15) is 0 Å². The van der Waals surface area contributed by atoms with Crippen LogP contribution in [-0.2, 0) is 10.8 Å². The predicted octanol–water partition coefficient (Wildman–Crippen LogP) is 3.59. The molecular formula is C19H37N3OS. The number of guanidine groups is 1. The van der Waals surface area contributed by atoms with E-state index in [1.54, 1.807) is 0 Å². The highest BCUT2D eigenvalue weighted by Gasteiger charge is 2.26. The molecular weight excluding hydrogens is 318 g/mol. The maximum atomic E-state index is 12.1. The van der Waals surface area contributed by atoms with Gasteiger partial charge in [-0.1, -0.05) is 45.4 Å². The SMILES string of the molecule is CCS(=O)C1CCCC(NC(=NC)NCCCC2CCCCC2)C1. The van der Waals surface area contributed by atoms with Crippen molar-refractivity contribution in [1.29, 1.82) is 0 Å². The Morgan fingerprint density at radius 3 is 2.62 bits per heavy atom. The molecule has 140 valence electrons. The van der Waals surface area contributed by atoms with Gasteiger partial charge in [0.2, 0.25) is 0 Å². The summed E-state index contributed by atoms with van der Waals surface area (Å²) >= 11 is 0. The summed E-state index contributed by atoms with van der Waals surface area (Å²) in [6, 6.07) is 0.420. The number of hydrogen-bond donors (Lipinski definition) is 2. The minimum Gasteiger partial charge on any atom is -0.356 e. The third-order valence-electron chi connectivity index (χ3n) is 5.65. The van der Waals surface area contributed by atoms with Crippen molar-refractivity contribution in [1.82, 2.24) is 10.6 Å². The van der Waals surface area contributed by atoms with Crippen LogP contribution in [0.3, 0.4) is 0 Å². The first-order valence-electron chi connectivity index (χ1n) is 10.1. The van der Waals surface area contributed by atoms with Crippen LogP contribution in [0, 0.1) is 5.92 Å². The molecule has 2 aliphatic carbocycles. The molecule has 0 bridgehead atoms. The third-order valence-corrected chi connectivity index (χ3v) is 7.39. The summed E-state index contributed by atoms with van der Waals surface area (Å²) in [5, 5.41) is 7.40. The first-order valence-corrected chi connectivity index (χ1v) is 11.5. The number of hydrogen-bond acceptors (Lipinski definition) is 2. The Morgan fingerprint density at radius 1 is 1.12 bits per heavy atom. The molecule has 0 heterocycles. The maximum Gasteiger partial charge on any atom is 0.191 e. The molecule has 0 aliphatic heterocycles. The van der Waals surface area contributed by atoms with Crippen LogP contribution in [0.5, 0.6) is 0 Å². The van der Waals surface area contributed by atoms with Gasteiger partial charge < -0.3 is 10.6 Å². The van der Waals surface area contributed by atoms with E-state index < -0.39 is 10.8 Å². The Kier molecular flexibility index (Phi) is 9.14. The lowest BCUT2D eigenvalue weighted by molar-refractivity contribution is 0.332. The van der Waals surface area contributed by atoms with Gasteiger partial charge in [0.25, 0.3) is 0 Å². The van der Waals surface area contributed by atoms with E-state index in [0.717, 1.165) is 37.0 Å². The van der Waals surface area contributed by atoms with Crippen LogP contribution in [-0.4, -0.2) is 40.8 Å². The summed E-state index contributed by atoms with van der Waals surface area (Å²) < 4.78 is 12.1. The highest BCUT2D eigenvalue weighted by molar-refractivity contribution is 7.85. The first-order chi connectivity index (χ1) is 11.7. The number of nitrogens with zero attached hydrogens (tertiary/aromatic N) is 1. The largest absolute Gasteiger partial charge is 0.356 e. The lowest BCUT2D eigenvalue weighted by Crippen LogP contribution is -2.46. The summed E-state index contributed by atoms with van der Waals surface area (Å²) in [5.41, 5.74) is 0. The Morgan fingerprint density at radius 2 is 1.92 bits per heavy atom. The first kappa shape index (κ1) is 19.7. The smallest absolute Gasteiger partial charge is 0.191 e. The second-order valence-electron chi connectivity index (χ2n) is 7.44. The van der Waals surface area contributed by atoms with Gasteiger partial charge in [-0.25, -0.2) is 0 Å². The monoisotopic (exact) mass is 355 g/mol. The summed E-state index contributed by atoms with van der Waals surface area (Å²) in [4.78, 5) is 4.38. The van der Waals surface area contributed by atoms with Crippen LogP contribution in [0.15, 0.2) is 4.99 Å². The minimum absolute atomic E-state index is 0.366. The van der Waals surface area contributed by atoms with Crippen molar-refractivity contribution in [2.24, 2.45) is 10.9 Å². The van der Waals surface area contributed by atoms with Crippen LogP contribution in [0.25, 0.3) is 0 Å². The van der Waals surface area contributed by atoms with Gasteiger partial charge in [0, 0.05) is 41.4 Å². The Bertz CT molecular complexity index is 407. The van der Waals surface area contributed by atoms with Crippen molar-refractivity contribution in [3.8, 4) is 0 Å². The van der Waals surface area contributed by atoms with Crippen LogP contribution in [0.1, 0.15) is 77.6 Å². The van der Waals surface area contributed by atoms with Crippen molar-refractivity contribution in [3.63, 3.8) is 0 Å². The highest BCUT2D eigenvalue weighted by atomic mass is 32.2. The second-order valence-corrected chi connectivity index (χ2v) is 9.45. The summed E-state index contributed by atoms with van der Waals surface area (Å²) in [6.07, 6.45) is 14.2. The fourth-order valence-corrected chi connectivity index (χ4v) is 5.56. The van der Waals surface area contributed by atoms with E-state index in [-0.39, 0.29) is 0 Å². The molecule has 5 heteroatoms. The Balaban J connectivity index is 1.65. The molecule has 0 amide bonds. The number of nitrogens with one attached hydrogen (secondary N) is 2. The van der Waals surface area contributed by atoms with Gasteiger partial charge in [0.1, 0.15) is 0 Å². The van der Waals surface area contributed by atoms with Gasteiger partial charge in [-0.05, 0) is 38.0 Å². The molecule has 0 aromatic rings. The quantitative estimate of drug-likeness (QED) is 0.417. The zero-order chi connectivity index (χ0) is 17.2.